The predicted molar refractivity (Wildman–Crippen MR) is 66.9 cm³/mol. The fourth-order valence-corrected chi connectivity index (χ4v) is 2.28. The van der Waals surface area contributed by atoms with Crippen LogP contribution in [-0.2, 0) is 4.79 Å². The Labute approximate surface area is 114 Å². The molecule has 0 saturated heterocycles. The molecule has 0 atom stereocenters. The second kappa shape index (κ2) is 5.83. The molecule has 0 radical (unpaired) electrons. The standard InChI is InChI=1S/C10H9BrF3NO2S/c1-5(16)15-7-4-9(18-10(12,13)14)8(17-2)3-6(7)11/h3-4H,1-2H3,(H,15,16). The number of benzene rings is 1. The van der Waals surface area contributed by atoms with E-state index in [4.69, 9.17) is 4.74 Å². The molecule has 0 aliphatic rings. The summed E-state index contributed by atoms with van der Waals surface area (Å²) in [5, 5.41) is 2.43. The van der Waals surface area contributed by atoms with Crippen molar-refractivity contribution in [1.29, 1.82) is 0 Å². The number of anilines is 1. The highest BCUT2D eigenvalue weighted by molar-refractivity contribution is 9.10. The Balaban J connectivity index is 3.17. The lowest BCUT2D eigenvalue weighted by Crippen LogP contribution is -2.07. The van der Waals surface area contributed by atoms with E-state index in [0.717, 1.165) is 0 Å². The van der Waals surface area contributed by atoms with Crippen molar-refractivity contribution in [2.24, 2.45) is 0 Å². The number of carbonyl (C=O) groups is 1. The lowest BCUT2D eigenvalue weighted by molar-refractivity contribution is -0.114. The zero-order chi connectivity index (χ0) is 13.9. The van der Waals surface area contributed by atoms with E-state index in [1.807, 2.05) is 0 Å². The van der Waals surface area contributed by atoms with Crippen LogP contribution in [0, 0.1) is 0 Å². The van der Waals surface area contributed by atoms with Crippen LogP contribution in [0.4, 0.5) is 18.9 Å². The molecule has 0 saturated carbocycles. The summed E-state index contributed by atoms with van der Waals surface area (Å²) in [5.41, 5.74) is -4.16. The Kier molecular flexibility index (Phi) is 4.92. The molecule has 0 aliphatic heterocycles. The normalized spacial score (nSPS) is 11.2. The molecule has 1 rings (SSSR count). The van der Waals surface area contributed by atoms with Gasteiger partial charge in [0, 0.05) is 11.4 Å². The number of alkyl halides is 3. The van der Waals surface area contributed by atoms with Crippen LogP contribution in [0.15, 0.2) is 21.5 Å². The van der Waals surface area contributed by atoms with Gasteiger partial charge in [-0.25, -0.2) is 0 Å². The summed E-state index contributed by atoms with van der Waals surface area (Å²) in [6.45, 7) is 1.27. The quantitative estimate of drug-likeness (QED) is 0.842. The molecule has 3 nitrogen and oxygen atoms in total. The summed E-state index contributed by atoms with van der Waals surface area (Å²) in [4.78, 5) is 10.8. The predicted octanol–water partition coefficient (Wildman–Crippen LogP) is 4.03. The maximum Gasteiger partial charge on any atom is 0.446 e. The number of halogens is 4. The van der Waals surface area contributed by atoms with Crippen molar-refractivity contribution in [2.45, 2.75) is 17.3 Å². The van der Waals surface area contributed by atoms with Crippen LogP contribution in [0.25, 0.3) is 0 Å². The number of ether oxygens (including phenoxy) is 1. The van der Waals surface area contributed by atoms with Gasteiger partial charge >= 0.3 is 5.51 Å². The second-order valence-corrected chi connectivity index (χ2v) is 5.17. The summed E-state index contributed by atoms with van der Waals surface area (Å²) in [5.74, 6) is -0.290. The molecule has 1 amide bonds. The average Bonchev–Trinajstić information content (AvgIpc) is 2.19. The first-order valence-electron chi connectivity index (χ1n) is 4.64. The van der Waals surface area contributed by atoms with Gasteiger partial charge < -0.3 is 10.1 Å². The van der Waals surface area contributed by atoms with Crippen LogP contribution in [0.1, 0.15) is 6.92 Å². The van der Waals surface area contributed by atoms with Crippen LogP contribution in [0.2, 0.25) is 0 Å². The molecule has 18 heavy (non-hydrogen) atoms. The summed E-state index contributed by atoms with van der Waals surface area (Å²) in [6, 6.07) is 2.59. The highest BCUT2D eigenvalue weighted by Gasteiger charge is 2.31. The van der Waals surface area contributed by atoms with E-state index in [1.165, 1.54) is 26.2 Å². The van der Waals surface area contributed by atoms with Crippen molar-refractivity contribution in [1.82, 2.24) is 0 Å². The molecule has 1 aromatic carbocycles. The molecule has 0 fully saturated rings. The molecule has 1 N–H and O–H groups in total. The van der Waals surface area contributed by atoms with Crippen LogP contribution in [0.5, 0.6) is 5.75 Å². The lowest BCUT2D eigenvalue weighted by Gasteiger charge is -2.13. The molecular weight excluding hydrogens is 335 g/mol. The van der Waals surface area contributed by atoms with E-state index in [-0.39, 0.29) is 34.0 Å². The summed E-state index contributed by atoms with van der Waals surface area (Å²) in [7, 11) is 1.28. The Bertz CT molecular complexity index is 465. The van der Waals surface area contributed by atoms with Gasteiger partial charge in [-0.05, 0) is 39.8 Å². The van der Waals surface area contributed by atoms with Crippen LogP contribution in [0.3, 0.4) is 0 Å². The number of methoxy groups -OCH3 is 1. The van der Waals surface area contributed by atoms with E-state index in [1.54, 1.807) is 0 Å². The number of amides is 1. The minimum atomic E-state index is -4.42. The highest BCUT2D eigenvalue weighted by Crippen LogP contribution is 2.44. The van der Waals surface area contributed by atoms with Crippen molar-refractivity contribution >= 4 is 39.3 Å². The lowest BCUT2D eigenvalue weighted by atomic mass is 10.3. The second-order valence-electron chi connectivity index (χ2n) is 3.21. The first-order valence-corrected chi connectivity index (χ1v) is 6.24. The smallest absolute Gasteiger partial charge is 0.446 e. The number of nitrogens with one attached hydrogen (secondary N) is 1. The van der Waals surface area contributed by atoms with Gasteiger partial charge in [-0.3, -0.25) is 4.79 Å². The molecular formula is C10H9BrF3NO2S. The van der Waals surface area contributed by atoms with Gasteiger partial charge in [0.15, 0.2) is 0 Å². The SMILES string of the molecule is COc1cc(Br)c(NC(C)=O)cc1SC(F)(F)F. The number of hydrogen-bond acceptors (Lipinski definition) is 3. The number of thioether (sulfide) groups is 1. The minimum Gasteiger partial charge on any atom is -0.496 e. The maximum absolute atomic E-state index is 12.4. The largest absolute Gasteiger partial charge is 0.496 e. The van der Waals surface area contributed by atoms with Gasteiger partial charge in [-0.1, -0.05) is 0 Å². The number of hydrogen-bond donors (Lipinski definition) is 1. The molecule has 0 bridgehead atoms. The van der Waals surface area contributed by atoms with E-state index in [0.29, 0.717) is 4.47 Å². The van der Waals surface area contributed by atoms with Crippen LogP contribution >= 0.6 is 27.7 Å². The van der Waals surface area contributed by atoms with Crippen LogP contribution in [-0.4, -0.2) is 18.5 Å². The zero-order valence-electron chi connectivity index (χ0n) is 9.39. The Morgan fingerprint density at radius 2 is 2.06 bits per heavy atom. The zero-order valence-corrected chi connectivity index (χ0v) is 11.8. The molecule has 0 unspecified atom stereocenters. The van der Waals surface area contributed by atoms with Gasteiger partial charge in [0.2, 0.25) is 5.91 Å². The fraction of sp³-hybridized carbons (Fsp3) is 0.300. The Hall–Kier alpha value is -0.890. The van der Waals surface area contributed by atoms with Crippen molar-refractivity contribution < 1.29 is 22.7 Å². The van der Waals surface area contributed by atoms with E-state index in [2.05, 4.69) is 21.2 Å². The van der Waals surface area contributed by atoms with Gasteiger partial charge in [-0.15, -0.1) is 0 Å². The Morgan fingerprint density at radius 1 is 1.44 bits per heavy atom. The first kappa shape index (κ1) is 15.2. The molecule has 0 spiro atoms. The molecule has 0 aromatic heterocycles. The van der Waals surface area contributed by atoms with Gasteiger partial charge in [0.25, 0.3) is 0 Å². The van der Waals surface area contributed by atoms with Crippen LogP contribution < -0.4 is 10.1 Å². The molecule has 0 aliphatic carbocycles. The topological polar surface area (TPSA) is 38.3 Å². The molecule has 100 valence electrons. The molecule has 0 heterocycles. The van der Waals surface area contributed by atoms with Crippen molar-refractivity contribution in [2.75, 3.05) is 12.4 Å². The molecule has 8 heteroatoms. The van der Waals surface area contributed by atoms with Gasteiger partial charge in [-0.2, -0.15) is 13.2 Å². The van der Waals surface area contributed by atoms with Crippen molar-refractivity contribution in [3.05, 3.63) is 16.6 Å². The third-order valence-corrected chi connectivity index (χ3v) is 3.22. The average molecular weight is 344 g/mol. The molecule has 1 aromatic rings. The summed E-state index contributed by atoms with van der Waals surface area (Å²) >= 11 is 2.85. The minimum absolute atomic E-state index is 0.0818. The number of rotatable bonds is 3. The van der Waals surface area contributed by atoms with E-state index in [9.17, 15) is 18.0 Å². The number of carbonyl (C=O) groups excluding carboxylic acids is 1. The summed E-state index contributed by atoms with van der Waals surface area (Å²) in [6.07, 6.45) is 0. The third kappa shape index (κ3) is 4.41. The van der Waals surface area contributed by atoms with Crippen molar-refractivity contribution in [3.8, 4) is 5.75 Å². The van der Waals surface area contributed by atoms with Gasteiger partial charge in [0.1, 0.15) is 5.75 Å². The summed E-state index contributed by atoms with van der Waals surface area (Å²) < 4.78 is 42.4. The maximum atomic E-state index is 12.4. The third-order valence-electron chi connectivity index (χ3n) is 1.79. The van der Waals surface area contributed by atoms with E-state index < -0.39 is 5.51 Å². The fourth-order valence-electron chi connectivity index (χ4n) is 1.18. The van der Waals surface area contributed by atoms with Gasteiger partial charge in [0.05, 0.1) is 17.7 Å². The monoisotopic (exact) mass is 343 g/mol. The highest BCUT2D eigenvalue weighted by atomic mass is 79.9. The Morgan fingerprint density at radius 3 is 2.50 bits per heavy atom. The van der Waals surface area contributed by atoms with E-state index >= 15 is 0 Å². The first-order chi connectivity index (χ1) is 8.23. The van der Waals surface area contributed by atoms with Crippen molar-refractivity contribution in [3.63, 3.8) is 0 Å².